The lowest BCUT2D eigenvalue weighted by Gasteiger charge is -2.50. The average molecular weight is 508 g/mol. The van der Waals surface area contributed by atoms with Crippen molar-refractivity contribution in [3.63, 3.8) is 0 Å². The highest BCUT2D eigenvalue weighted by atomic mass is 16.5. The number of hydrogen-bond acceptors (Lipinski definition) is 6. The average Bonchev–Trinajstić information content (AvgIpc) is 3.61. The van der Waals surface area contributed by atoms with Gasteiger partial charge >= 0.3 is 6.03 Å². The molecule has 3 aromatic rings. The lowest BCUT2D eigenvalue weighted by molar-refractivity contribution is 0.0498. The van der Waals surface area contributed by atoms with E-state index in [2.05, 4.69) is 39.1 Å². The first kappa shape index (κ1) is 24.3. The van der Waals surface area contributed by atoms with Gasteiger partial charge in [0.2, 0.25) is 0 Å². The van der Waals surface area contributed by atoms with Crippen LogP contribution >= 0.6 is 0 Å². The van der Waals surface area contributed by atoms with Crippen molar-refractivity contribution in [2.75, 3.05) is 45.2 Å². The number of nitrogens with one attached hydrogen (secondary N) is 1. The number of piperidine rings is 1. The Kier molecular flexibility index (Phi) is 5.95. The maximum absolute atomic E-state index is 13.2. The number of hydrogen-bond donors (Lipinski definition) is 2. The van der Waals surface area contributed by atoms with E-state index in [0.29, 0.717) is 30.2 Å². The van der Waals surface area contributed by atoms with Gasteiger partial charge in [-0.3, -0.25) is 4.90 Å². The SMILES string of the molecule is COc1ccc2c3c(n(C)c2c1)[C@H](CO)N(CC1CC1)CC31CCN(C(=O)Nc2c(C)noc2C)CC1. The summed E-state index contributed by atoms with van der Waals surface area (Å²) in [4.78, 5) is 17.6. The Morgan fingerprint density at radius 2 is 2.03 bits per heavy atom. The number of rotatable bonds is 5. The minimum atomic E-state index is -0.106. The second-order valence-corrected chi connectivity index (χ2v) is 11.2. The number of urea groups is 1. The summed E-state index contributed by atoms with van der Waals surface area (Å²) >= 11 is 0. The molecule has 0 unspecified atom stereocenters. The second kappa shape index (κ2) is 9.06. The van der Waals surface area contributed by atoms with E-state index < -0.39 is 0 Å². The van der Waals surface area contributed by atoms with Gasteiger partial charge in [-0.15, -0.1) is 0 Å². The molecule has 1 saturated carbocycles. The molecule has 2 amide bonds. The first-order valence-corrected chi connectivity index (χ1v) is 13.4. The van der Waals surface area contributed by atoms with E-state index in [1.807, 2.05) is 24.8 Å². The summed E-state index contributed by atoms with van der Waals surface area (Å²) in [5, 5.41) is 18.8. The van der Waals surface area contributed by atoms with Crippen LogP contribution in [0, 0.1) is 19.8 Å². The van der Waals surface area contributed by atoms with Gasteiger partial charge in [0.1, 0.15) is 17.1 Å². The number of ether oxygens (including phenoxy) is 1. The highest BCUT2D eigenvalue weighted by Crippen LogP contribution is 2.51. The molecule has 0 radical (unpaired) electrons. The summed E-state index contributed by atoms with van der Waals surface area (Å²) in [6.07, 6.45) is 4.30. The first-order valence-electron chi connectivity index (χ1n) is 13.4. The number of aliphatic hydroxyl groups excluding tert-OH is 1. The lowest BCUT2D eigenvalue weighted by atomic mass is 9.68. The fourth-order valence-corrected chi connectivity index (χ4v) is 6.68. The van der Waals surface area contributed by atoms with E-state index in [4.69, 9.17) is 9.26 Å². The number of amides is 2. The Morgan fingerprint density at radius 1 is 1.27 bits per heavy atom. The van der Waals surface area contributed by atoms with Crippen LogP contribution in [-0.4, -0.2) is 70.6 Å². The van der Waals surface area contributed by atoms with Crippen LogP contribution in [0.2, 0.25) is 0 Å². The van der Waals surface area contributed by atoms with Crippen LogP contribution in [0.4, 0.5) is 10.5 Å². The molecule has 4 heterocycles. The number of methoxy groups -OCH3 is 1. The Balaban J connectivity index is 1.35. The predicted octanol–water partition coefficient (Wildman–Crippen LogP) is 4.12. The van der Waals surface area contributed by atoms with E-state index in [1.54, 1.807) is 7.11 Å². The number of aryl methyl sites for hydroxylation is 3. The Morgan fingerprint density at radius 3 is 2.65 bits per heavy atom. The third kappa shape index (κ3) is 3.99. The predicted molar refractivity (Wildman–Crippen MR) is 141 cm³/mol. The molecule has 2 aromatic heterocycles. The number of aliphatic hydroxyl groups is 1. The summed E-state index contributed by atoms with van der Waals surface area (Å²) in [7, 11) is 3.81. The van der Waals surface area contributed by atoms with Crippen LogP contribution < -0.4 is 10.1 Å². The van der Waals surface area contributed by atoms with Crippen molar-refractivity contribution in [1.82, 2.24) is 19.5 Å². The molecule has 1 aromatic carbocycles. The molecular weight excluding hydrogens is 470 g/mol. The second-order valence-electron chi connectivity index (χ2n) is 11.2. The van der Waals surface area contributed by atoms with Crippen molar-refractivity contribution in [3.05, 3.63) is 40.9 Å². The van der Waals surface area contributed by atoms with Gasteiger partial charge in [0.25, 0.3) is 0 Å². The molecular formula is C28H37N5O4. The molecule has 1 spiro atoms. The summed E-state index contributed by atoms with van der Waals surface area (Å²) in [5.41, 5.74) is 4.97. The summed E-state index contributed by atoms with van der Waals surface area (Å²) < 4.78 is 13.0. The Labute approximate surface area is 217 Å². The number of fused-ring (bicyclic) bond motifs is 4. The van der Waals surface area contributed by atoms with Crippen LogP contribution in [0.15, 0.2) is 22.7 Å². The van der Waals surface area contributed by atoms with Crippen LogP contribution in [0.5, 0.6) is 5.75 Å². The van der Waals surface area contributed by atoms with E-state index >= 15 is 0 Å². The van der Waals surface area contributed by atoms with Crippen molar-refractivity contribution in [1.29, 1.82) is 0 Å². The van der Waals surface area contributed by atoms with Crippen molar-refractivity contribution >= 4 is 22.6 Å². The molecule has 1 saturated heterocycles. The first-order chi connectivity index (χ1) is 17.8. The van der Waals surface area contributed by atoms with Gasteiger partial charge in [-0.1, -0.05) is 5.16 Å². The van der Waals surface area contributed by atoms with Gasteiger partial charge in [-0.25, -0.2) is 4.79 Å². The van der Waals surface area contributed by atoms with Gasteiger partial charge in [0.15, 0.2) is 5.76 Å². The standard InChI is InChI=1S/C28H37N5O4/c1-17-25(18(2)37-30-17)29-27(35)32-11-9-28(10-12-32)16-33(14-19-5-6-19)23(15-34)26-24(28)21-8-7-20(36-4)13-22(21)31(26)3/h7-8,13,19,23,34H,5-6,9-12,14-16H2,1-4H3,(H,29,35)/t23-/m0/s1. The zero-order chi connectivity index (χ0) is 25.9. The maximum Gasteiger partial charge on any atom is 0.321 e. The zero-order valence-corrected chi connectivity index (χ0v) is 22.2. The van der Waals surface area contributed by atoms with Crippen molar-refractivity contribution in [3.8, 4) is 5.75 Å². The molecule has 6 rings (SSSR count). The molecule has 9 heteroatoms. The van der Waals surface area contributed by atoms with E-state index in [0.717, 1.165) is 43.1 Å². The number of carbonyl (C=O) groups is 1. The summed E-state index contributed by atoms with van der Waals surface area (Å²) in [5.74, 6) is 2.18. The van der Waals surface area contributed by atoms with Crippen molar-refractivity contribution in [2.45, 2.75) is 51.0 Å². The fourth-order valence-electron chi connectivity index (χ4n) is 6.68. The van der Waals surface area contributed by atoms with E-state index in [1.165, 1.54) is 29.5 Å². The molecule has 0 bridgehead atoms. The van der Waals surface area contributed by atoms with E-state index in [9.17, 15) is 9.90 Å². The van der Waals surface area contributed by atoms with Gasteiger partial charge in [0.05, 0.1) is 25.3 Å². The summed E-state index contributed by atoms with van der Waals surface area (Å²) in [6, 6.07) is 6.19. The quantitative estimate of drug-likeness (QED) is 0.540. The number of aromatic nitrogens is 2. The molecule has 198 valence electrons. The molecule has 9 nitrogen and oxygen atoms in total. The molecule has 3 aliphatic rings. The van der Waals surface area contributed by atoms with Crippen molar-refractivity contribution in [2.24, 2.45) is 13.0 Å². The Bertz CT molecular complexity index is 1310. The minimum Gasteiger partial charge on any atom is -0.497 e. The van der Waals surface area contributed by atoms with Gasteiger partial charge in [-0.05, 0) is 63.1 Å². The number of benzene rings is 1. The number of likely N-dealkylation sites (tertiary alicyclic amines) is 1. The molecule has 2 aliphatic heterocycles. The smallest absolute Gasteiger partial charge is 0.321 e. The van der Waals surface area contributed by atoms with Gasteiger partial charge in [-0.2, -0.15) is 0 Å². The molecule has 1 atom stereocenters. The third-order valence-corrected chi connectivity index (χ3v) is 8.88. The van der Waals surface area contributed by atoms with Crippen LogP contribution in [-0.2, 0) is 12.5 Å². The van der Waals surface area contributed by atoms with Crippen LogP contribution in [0.25, 0.3) is 10.9 Å². The maximum atomic E-state index is 13.2. The van der Waals surface area contributed by atoms with Gasteiger partial charge < -0.3 is 29.2 Å². The zero-order valence-electron chi connectivity index (χ0n) is 22.2. The number of anilines is 1. The number of nitrogens with zero attached hydrogens (tertiary/aromatic N) is 4. The fraction of sp³-hybridized carbons (Fsp3) is 0.571. The lowest BCUT2D eigenvalue weighted by Crippen LogP contribution is -2.55. The highest BCUT2D eigenvalue weighted by Gasteiger charge is 2.49. The monoisotopic (exact) mass is 507 g/mol. The van der Waals surface area contributed by atoms with Gasteiger partial charge in [0, 0.05) is 55.8 Å². The number of carbonyl (C=O) groups excluding carboxylic acids is 1. The third-order valence-electron chi connectivity index (χ3n) is 8.88. The van der Waals surface area contributed by atoms with Crippen LogP contribution in [0.3, 0.4) is 0 Å². The molecule has 37 heavy (non-hydrogen) atoms. The highest BCUT2D eigenvalue weighted by molar-refractivity contribution is 5.91. The topological polar surface area (TPSA) is 96.0 Å². The Hall–Kier alpha value is -3.04. The van der Waals surface area contributed by atoms with Crippen molar-refractivity contribution < 1.29 is 19.2 Å². The molecule has 2 N–H and O–H groups in total. The van der Waals surface area contributed by atoms with E-state index in [-0.39, 0.29) is 24.1 Å². The molecule has 1 aliphatic carbocycles. The summed E-state index contributed by atoms with van der Waals surface area (Å²) in [6.45, 7) is 7.02. The minimum absolute atomic E-state index is 0.0227. The van der Waals surface area contributed by atoms with Crippen LogP contribution in [0.1, 0.15) is 54.4 Å². The largest absolute Gasteiger partial charge is 0.497 e. The normalized spacial score (nSPS) is 21.4. The molecule has 2 fully saturated rings.